The van der Waals surface area contributed by atoms with E-state index in [2.05, 4.69) is 5.32 Å². The standard InChI is InChI=1S/C21H23FN2O3/c1-14(2)12-23-19(25)21(3)20(26)24(13-15-8-4-5-9-16(15)22)17-10-6-7-11-18(17)27-21/h4-11,14H,12-13H2,1-3H3,(H,23,25). The van der Waals surface area contributed by atoms with E-state index >= 15 is 0 Å². The first-order valence-electron chi connectivity index (χ1n) is 8.94. The number of amides is 2. The van der Waals surface area contributed by atoms with Gasteiger partial charge in [0.25, 0.3) is 17.4 Å². The Morgan fingerprint density at radius 3 is 2.56 bits per heavy atom. The van der Waals surface area contributed by atoms with Gasteiger partial charge in [-0.05, 0) is 31.0 Å². The molecule has 0 aromatic heterocycles. The van der Waals surface area contributed by atoms with E-state index in [9.17, 15) is 14.0 Å². The number of rotatable bonds is 5. The summed E-state index contributed by atoms with van der Waals surface area (Å²) in [6, 6.07) is 13.2. The minimum atomic E-state index is -1.71. The molecule has 1 aliphatic rings. The number of halogens is 1. The van der Waals surface area contributed by atoms with Gasteiger partial charge in [-0.1, -0.05) is 44.2 Å². The van der Waals surface area contributed by atoms with Gasteiger partial charge in [-0.25, -0.2) is 4.39 Å². The number of para-hydroxylation sites is 2. The molecule has 2 aromatic carbocycles. The van der Waals surface area contributed by atoms with Gasteiger partial charge in [0.1, 0.15) is 11.6 Å². The molecular formula is C21H23FN2O3. The average Bonchev–Trinajstić information content (AvgIpc) is 2.64. The Morgan fingerprint density at radius 2 is 1.85 bits per heavy atom. The van der Waals surface area contributed by atoms with Crippen LogP contribution in [0.2, 0.25) is 0 Å². The fraction of sp³-hybridized carbons (Fsp3) is 0.333. The van der Waals surface area contributed by atoms with Crippen LogP contribution in [0.15, 0.2) is 48.5 Å². The second-order valence-corrected chi connectivity index (χ2v) is 7.19. The smallest absolute Gasteiger partial charge is 0.281 e. The molecule has 0 radical (unpaired) electrons. The highest BCUT2D eigenvalue weighted by Gasteiger charge is 2.50. The van der Waals surface area contributed by atoms with E-state index in [1.165, 1.54) is 17.9 Å². The lowest BCUT2D eigenvalue weighted by Crippen LogP contribution is -2.62. The molecule has 0 saturated heterocycles. The molecule has 5 nitrogen and oxygen atoms in total. The summed E-state index contributed by atoms with van der Waals surface area (Å²) in [7, 11) is 0. The Morgan fingerprint density at radius 1 is 1.19 bits per heavy atom. The lowest BCUT2D eigenvalue weighted by molar-refractivity contribution is -0.148. The summed E-state index contributed by atoms with van der Waals surface area (Å²) >= 11 is 0. The van der Waals surface area contributed by atoms with Gasteiger partial charge in [-0.15, -0.1) is 0 Å². The van der Waals surface area contributed by atoms with Crippen molar-refractivity contribution in [2.45, 2.75) is 32.9 Å². The number of nitrogens with one attached hydrogen (secondary N) is 1. The Balaban J connectivity index is 1.98. The predicted octanol–water partition coefficient (Wildman–Crippen LogP) is 3.28. The zero-order chi connectivity index (χ0) is 19.6. The van der Waals surface area contributed by atoms with E-state index in [-0.39, 0.29) is 12.5 Å². The molecule has 1 N–H and O–H groups in total. The molecule has 1 atom stereocenters. The summed E-state index contributed by atoms with van der Waals surface area (Å²) in [5.74, 6) is -0.783. The summed E-state index contributed by atoms with van der Waals surface area (Å²) in [6.45, 7) is 5.83. The van der Waals surface area contributed by atoms with Crippen molar-refractivity contribution in [2.24, 2.45) is 5.92 Å². The number of ether oxygens (including phenoxy) is 1. The molecule has 6 heteroatoms. The summed E-state index contributed by atoms with van der Waals surface area (Å²) in [4.78, 5) is 27.4. The first kappa shape index (κ1) is 18.9. The van der Waals surface area contributed by atoms with Crippen LogP contribution < -0.4 is 15.0 Å². The SMILES string of the molecule is CC(C)CNC(=O)C1(C)Oc2ccccc2N(Cc2ccccc2F)C1=O. The molecule has 0 aliphatic carbocycles. The maximum Gasteiger partial charge on any atom is 0.281 e. The summed E-state index contributed by atoms with van der Waals surface area (Å²) in [5.41, 5.74) is -0.832. The van der Waals surface area contributed by atoms with E-state index in [1.807, 2.05) is 13.8 Å². The molecule has 1 heterocycles. The molecule has 1 aliphatic heterocycles. The fourth-order valence-electron chi connectivity index (χ4n) is 2.96. The average molecular weight is 370 g/mol. The highest BCUT2D eigenvalue weighted by Crippen LogP contribution is 2.38. The monoisotopic (exact) mass is 370 g/mol. The summed E-state index contributed by atoms with van der Waals surface area (Å²) in [5, 5.41) is 2.76. The van der Waals surface area contributed by atoms with E-state index < -0.39 is 23.2 Å². The van der Waals surface area contributed by atoms with E-state index in [4.69, 9.17) is 4.74 Å². The maximum atomic E-state index is 14.2. The van der Waals surface area contributed by atoms with Crippen molar-refractivity contribution < 1.29 is 18.7 Å². The minimum absolute atomic E-state index is 0.0128. The topological polar surface area (TPSA) is 58.6 Å². The van der Waals surface area contributed by atoms with Crippen LogP contribution in [0, 0.1) is 11.7 Å². The number of hydrogen-bond donors (Lipinski definition) is 1. The molecule has 2 aromatic rings. The van der Waals surface area contributed by atoms with E-state index in [1.54, 1.807) is 42.5 Å². The second kappa shape index (κ2) is 7.39. The van der Waals surface area contributed by atoms with Crippen molar-refractivity contribution in [1.82, 2.24) is 5.32 Å². The fourth-order valence-corrected chi connectivity index (χ4v) is 2.96. The minimum Gasteiger partial charge on any atom is -0.466 e. The number of benzene rings is 2. The van der Waals surface area contributed by atoms with Gasteiger partial charge in [-0.2, -0.15) is 0 Å². The maximum absolute atomic E-state index is 14.2. The van der Waals surface area contributed by atoms with Crippen LogP contribution in [0.25, 0.3) is 0 Å². The molecule has 0 spiro atoms. The first-order chi connectivity index (χ1) is 12.8. The van der Waals surface area contributed by atoms with Crippen LogP contribution in [0.1, 0.15) is 26.3 Å². The molecule has 0 bridgehead atoms. The second-order valence-electron chi connectivity index (χ2n) is 7.19. The number of nitrogens with zero attached hydrogens (tertiary/aromatic N) is 1. The highest BCUT2D eigenvalue weighted by atomic mass is 19.1. The molecule has 3 rings (SSSR count). The number of anilines is 1. The van der Waals surface area contributed by atoms with Crippen molar-refractivity contribution in [2.75, 3.05) is 11.4 Å². The molecular weight excluding hydrogens is 347 g/mol. The third-order valence-corrected chi connectivity index (χ3v) is 4.51. The van der Waals surface area contributed by atoms with Gasteiger partial charge in [-0.3, -0.25) is 9.59 Å². The quantitative estimate of drug-likeness (QED) is 0.822. The van der Waals surface area contributed by atoms with Crippen molar-refractivity contribution in [1.29, 1.82) is 0 Å². The Bertz CT molecular complexity index is 868. The van der Waals surface area contributed by atoms with Crippen LogP contribution >= 0.6 is 0 Å². The molecule has 1 unspecified atom stereocenters. The molecule has 0 fully saturated rings. The zero-order valence-electron chi connectivity index (χ0n) is 15.7. The van der Waals surface area contributed by atoms with E-state index in [0.717, 1.165) is 0 Å². The Labute approximate surface area is 158 Å². The largest absolute Gasteiger partial charge is 0.466 e. The number of carbonyl (C=O) groups is 2. The van der Waals surface area contributed by atoms with Crippen LogP contribution in [0.5, 0.6) is 5.75 Å². The van der Waals surface area contributed by atoms with Crippen LogP contribution in [0.4, 0.5) is 10.1 Å². The van der Waals surface area contributed by atoms with Gasteiger partial charge in [0.2, 0.25) is 0 Å². The van der Waals surface area contributed by atoms with Crippen LogP contribution in [-0.2, 0) is 16.1 Å². The zero-order valence-corrected chi connectivity index (χ0v) is 15.7. The lowest BCUT2D eigenvalue weighted by atomic mass is 9.98. The molecule has 0 saturated carbocycles. The summed E-state index contributed by atoms with van der Waals surface area (Å²) < 4.78 is 20.0. The number of hydrogen-bond acceptors (Lipinski definition) is 3. The number of carbonyl (C=O) groups excluding carboxylic acids is 2. The van der Waals surface area contributed by atoms with Gasteiger partial charge in [0.15, 0.2) is 0 Å². The van der Waals surface area contributed by atoms with Gasteiger partial charge < -0.3 is 15.0 Å². The van der Waals surface area contributed by atoms with Crippen LogP contribution in [-0.4, -0.2) is 24.0 Å². The van der Waals surface area contributed by atoms with Gasteiger partial charge in [0, 0.05) is 12.1 Å². The third-order valence-electron chi connectivity index (χ3n) is 4.51. The van der Waals surface area contributed by atoms with Crippen molar-refractivity contribution in [3.8, 4) is 5.75 Å². The van der Waals surface area contributed by atoms with Crippen molar-refractivity contribution in [3.05, 3.63) is 59.9 Å². The van der Waals surface area contributed by atoms with Crippen molar-refractivity contribution in [3.63, 3.8) is 0 Å². The Kier molecular flexibility index (Phi) is 5.17. The summed E-state index contributed by atoms with van der Waals surface area (Å²) in [6.07, 6.45) is 0. The molecule has 142 valence electrons. The molecule has 2 amide bonds. The molecule has 27 heavy (non-hydrogen) atoms. The number of fused-ring (bicyclic) bond motifs is 1. The highest BCUT2D eigenvalue weighted by molar-refractivity contribution is 6.16. The predicted molar refractivity (Wildman–Crippen MR) is 101 cm³/mol. The lowest BCUT2D eigenvalue weighted by Gasteiger charge is -2.39. The van der Waals surface area contributed by atoms with E-state index in [0.29, 0.717) is 23.5 Å². The Hall–Kier alpha value is -2.89. The van der Waals surface area contributed by atoms with Gasteiger partial charge in [0.05, 0.1) is 12.2 Å². The van der Waals surface area contributed by atoms with Crippen molar-refractivity contribution >= 4 is 17.5 Å². The van der Waals surface area contributed by atoms with Crippen LogP contribution in [0.3, 0.4) is 0 Å². The first-order valence-corrected chi connectivity index (χ1v) is 8.94. The van der Waals surface area contributed by atoms with Gasteiger partial charge >= 0.3 is 0 Å². The normalized spacial score (nSPS) is 18.9. The third kappa shape index (κ3) is 3.65.